The summed E-state index contributed by atoms with van der Waals surface area (Å²) in [6, 6.07) is 7.39. The smallest absolute Gasteiger partial charge is 0.387 e. The third-order valence-corrected chi connectivity index (χ3v) is 3.87. The number of benzene rings is 1. The molecule has 1 aliphatic rings. The summed E-state index contributed by atoms with van der Waals surface area (Å²) in [5, 5.41) is 3.55. The molecule has 1 heterocycles. The summed E-state index contributed by atoms with van der Waals surface area (Å²) in [5.41, 5.74) is 1.09. The molecule has 118 valence electrons. The first-order valence-corrected chi connectivity index (χ1v) is 7.67. The highest BCUT2D eigenvalue weighted by Crippen LogP contribution is 2.16. The summed E-state index contributed by atoms with van der Waals surface area (Å²) in [4.78, 5) is 2.51. The van der Waals surface area contributed by atoms with Crippen molar-refractivity contribution in [2.45, 2.75) is 45.4 Å². The van der Waals surface area contributed by atoms with Gasteiger partial charge in [-0.25, -0.2) is 0 Å². The van der Waals surface area contributed by atoms with E-state index >= 15 is 0 Å². The SMILES string of the molecule is CCCN1CCC(NCc2ccc(OC(F)F)cc2)CC1. The van der Waals surface area contributed by atoms with Crippen LogP contribution < -0.4 is 10.1 Å². The van der Waals surface area contributed by atoms with E-state index in [2.05, 4.69) is 21.9 Å². The fourth-order valence-corrected chi connectivity index (χ4v) is 2.73. The van der Waals surface area contributed by atoms with Gasteiger partial charge in [-0.1, -0.05) is 19.1 Å². The summed E-state index contributed by atoms with van der Waals surface area (Å²) >= 11 is 0. The van der Waals surface area contributed by atoms with Crippen molar-refractivity contribution in [3.05, 3.63) is 29.8 Å². The number of piperidine rings is 1. The maximum absolute atomic E-state index is 12.1. The average Bonchev–Trinajstić information content (AvgIpc) is 2.48. The van der Waals surface area contributed by atoms with E-state index in [0.717, 1.165) is 25.2 Å². The van der Waals surface area contributed by atoms with Crippen LogP contribution in [0, 0.1) is 0 Å². The minimum Gasteiger partial charge on any atom is -0.435 e. The molecule has 3 nitrogen and oxygen atoms in total. The molecule has 0 aliphatic carbocycles. The molecular formula is C16H24F2N2O. The summed E-state index contributed by atoms with van der Waals surface area (Å²) in [7, 11) is 0. The first-order chi connectivity index (χ1) is 10.2. The number of nitrogens with zero attached hydrogens (tertiary/aromatic N) is 1. The predicted molar refractivity (Wildman–Crippen MR) is 79.7 cm³/mol. The van der Waals surface area contributed by atoms with E-state index in [0.29, 0.717) is 6.04 Å². The molecule has 1 N–H and O–H groups in total. The van der Waals surface area contributed by atoms with Crippen LogP contribution in [0.25, 0.3) is 0 Å². The first-order valence-electron chi connectivity index (χ1n) is 7.67. The highest BCUT2D eigenvalue weighted by Gasteiger charge is 2.17. The summed E-state index contributed by atoms with van der Waals surface area (Å²) in [5.74, 6) is 0.210. The second kappa shape index (κ2) is 8.29. The molecule has 0 radical (unpaired) electrons. The van der Waals surface area contributed by atoms with Crippen LogP contribution in [-0.2, 0) is 6.54 Å². The van der Waals surface area contributed by atoms with E-state index in [4.69, 9.17) is 0 Å². The Morgan fingerprint density at radius 1 is 1.24 bits per heavy atom. The van der Waals surface area contributed by atoms with E-state index in [1.165, 1.54) is 25.8 Å². The molecule has 0 unspecified atom stereocenters. The standard InChI is InChI=1S/C16H24F2N2O/c1-2-9-20-10-7-14(8-11-20)19-12-13-3-5-15(6-4-13)21-16(17)18/h3-6,14,16,19H,2,7-12H2,1H3. The number of alkyl halides is 2. The molecule has 1 aliphatic heterocycles. The fourth-order valence-electron chi connectivity index (χ4n) is 2.73. The van der Waals surface area contributed by atoms with Crippen molar-refractivity contribution in [1.82, 2.24) is 10.2 Å². The van der Waals surface area contributed by atoms with Crippen molar-refractivity contribution in [2.75, 3.05) is 19.6 Å². The van der Waals surface area contributed by atoms with Gasteiger partial charge in [-0.05, 0) is 56.6 Å². The number of hydrogen-bond acceptors (Lipinski definition) is 3. The van der Waals surface area contributed by atoms with Crippen LogP contribution in [0.4, 0.5) is 8.78 Å². The molecule has 0 amide bonds. The molecule has 21 heavy (non-hydrogen) atoms. The van der Waals surface area contributed by atoms with Gasteiger partial charge in [0.2, 0.25) is 0 Å². The van der Waals surface area contributed by atoms with Gasteiger partial charge in [-0.2, -0.15) is 8.78 Å². The van der Waals surface area contributed by atoms with Gasteiger partial charge < -0.3 is 15.0 Å². The number of likely N-dealkylation sites (tertiary alicyclic amines) is 1. The number of nitrogens with one attached hydrogen (secondary N) is 1. The van der Waals surface area contributed by atoms with Gasteiger partial charge in [0.1, 0.15) is 5.75 Å². The lowest BCUT2D eigenvalue weighted by atomic mass is 10.0. The zero-order chi connectivity index (χ0) is 15.1. The molecule has 0 aromatic heterocycles. The lowest BCUT2D eigenvalue weighted by Gasteiger charge is -2.32. The quantitative estimate of drug-likeness (QED) is 0.836. The zero-order valence-electron chi connectivity index (χ0n) is 12.5. The number of halogens is 2. The van der Waals surface area contributed by atoms with E-state index in [1.54, 1.807) is 12.1 Å². The largest absolute Gasteiger partial charge is 0.435 e. The first kappa shape index (κ1) is 16.2. The number of rotatable bonds is 7. The van der Waals surface area contributed by atoms with Crippen molar-refractivity contribution >= 4 is 0 Å². The Bertz CT molecular complexity index is 403. The van der Waals surface area contributed by atoms with Crippen LogP contribution in [0.5, 0.6) is 5.75 Å². The second-order valence-corrected chi connectivity index (χ2v) is 5.52. The van der Waals surface area contributed by atoms with Crippen molar-refractivity contribution in [1.29, 1.82) is 0 Å². The minimum atomic E-state index is -2.76. The molecule has 0 atom stereocenters. The van der Waals surface area contributed by atoms with Crippen LogP contribution in [0.1, 0.15) is 31.7 Å². The van der Waals surface area contributed by atoms with E-state index in [9.17, 15) is 8.78 Å². The maximum Gasteiger partial charge on any atom is 0.387 e. The van der Waals surface area contributed by atoms with Crippen LogP contribution in [0.3, 0.4) is 0 Å². The van der Waals surface area contributed by atoms with Gasteiger partial charge in [0.25, 0.3) is 0 Å². The molecule has 0 saturated carbocycles. The van der Waals surface area contributed by atoms with Crippen LogP contribution >= 0.6 is 0 Å². The van der Waals surface area contributed by atoms with Gasteiger partial charge >= 0.3 is 6.61 Å². The van der Waals surface area contributed by atoms with Crippen molar-refractivity contribution in [3.63, 3.8) is 0 Å². The van der Waals surface area contributed by atoms with E-state index < -0.39 is 6.61 Å². The second-order valence-electron chi connectivity index (χ2n) is 5.52. The Hall–Kier alpha value is -1.20. The molecule has 1 aromatic carbocycles. The molecule has 1 saturated heterocycles. The van der Waals surface area contributed by atoms with Gasteiger partial charge in [0.15, 0.2) is 0 Å². The average molecular weight is 298 g/mol. The molecule has 1 aromatic rings. The highest BCUT2D eigenvalue weighted by atomic mass is 19.3. The third kappa shape index (κ3) is 5.59. The van der Waals surface area contributed by atoms with Crippen molar-refractivity contribution in [3.8, 4) is 5.75 Å². The normalized spacial score (nSPS) is 17.3. The summed E-state index contributed by atoms with van der Waals surface area (Å²) in [6.45, 7) is 3.74. The predicted octanol–water partition coefficient (Wildman–Crippen LogP) is 3.25. The van der Waals surface area contributed by atoms with Crippen LogP contribution in [0.2, 0.25) is 0 Å². The topological polar surface area (TPSA) is 24.5 Å². The molecule has 5 heteroatoms. The lowest BCUT2D eigenvalue weighted by molar-refractivity contribution is -0.0498. The van der Waals surface area contributed by atoms with Gasteiger partial charge in [-0.15, -0.1) is 0 Å². The van der Waals surface area contributed by atoms with Gasteiger partial charge in [0, 0.05) is 12.6 Å². The molecule has 0 spiro atoms. The lowest BCUT2D eigenvalue weighted by Crippen LogP contribution is -2.42. The molecule has 1 fully saturated rings. The fraction of sp³-hybridized carbons (Fsp3) is 0.625. The number of hydrogen-bond donors (Lipinski definition) is 1. The van der Waals surface area contributed by atoms with Gasteiger partial charge in [0.05, 0.1) is 0 Å². The summed E-state index contributed by atoms with van der Waals surface area (Å²) in [6.07, 6.45) is 3.56. The van der Waals surface area contributed by atoms with Crippen molar-refractivity contribution < 1.29 is 13.5 Å². The van der Waals surface area contributed by atoms with Gasteiger partial charge in [-0.3, -0.25) is 0 Å². The highest BCUT2D eigenvalue weighted by molar-refractivity contribution is 5.27. The Morgan fingerprint density at radius 2 is 1.90 bits per heavy atom. The van der Waals surface area contributed by atoms with Crippen molar-refractivity contribution in [2.24, 2.45) is 0 Å². The monoisotopic (exact) mass is 298 g/mol. The summed E-state index contributed by atoms with van der Waals surface area (Å²) < 4.78 is 28.5. The minimum absolute atomic E-state index is 0.210. The van der Waals surface area contributed by atoms with E-state index in [1.807, 2.05) is 12.1 Å². The number of ether oxygens (including phenoxy) is 1. The molecule has 0 bridgehead atoms. The van der Waals surface area contributed by atoms with Crippen LogP contribution in [0.15, 0.2) is 24.3 Å². The Morgan fingerprint density at radius 3 is 2.48 bits per heavy atom. The van der Waals surface area contributed by atoms with E-state index in [-0.39, 0.29) is 5.75 Å². The maximum atomic E-state index is 12.1. The Kier molecular flexibility index (Phi) is 6.39. The third-order valence-electron chi connectivity index (χ3n) is 3.87. The van der Waals surface area contributed by atoms with Crippen LogP contribution in [-0.4, -0.2) is 37.2 Å². The molecular weight excluding hydrogens is 274 g/mol. The Labute approximate surface area is 125 Å². The zero-order valence-corrected chi connectivity index (χ0v) is 12.5. The Balaban J connectivity index is 1.71. The molecule has 2 rings (SSSR count).